The van der Waals surface area contributed by atoms with Gasteiger partial charge in [-0.05, 0) is 12.1 Å². The van der Waals surface area contributed by atoms with E-state index in [0.29, 0.717) is 24.1 Å². The summed E-state index contributed by atoms with van der Waals surface area (Å²) < 4.78 is 10.4. The fourth-order valence-corrected chi connectivity index (χ4v) is 1.52. The number of carbonyl (C=O) groups excluding carboxylic acids is 1. The van der Waals surface area contributed by atoms with Gasteiger partial charge in [-0.15, -0.1) is 0 Å². The topological polar surface area (TPSA) is 60.5 Å². The molecule has 6 heteroatoms. The molecule has 1 atom stereocenters. The van der Waals surface area contributed by atoms with Gasteiger partial charge in [-0.2, -0.15) is 0 Å². The molecule has 1 aromatic heterocycles. The number of hydrogen-bond donors (Lipinski definition) is 1. The third kappa shape index (κ3) is 2.91. The van der Waals surface area contributed by atoms with E-state index in [9.17, 15) is 4.79 Å². The van der Waals surface area contributed by atoms with Gasteiger partial charge in [0.25, 0.3) is 5.91 Å². The lowest BCUT2D eigenvalue weighted by molar-refractivity contribution is -0.142. The number of nitrogens with one attached hydrogen (secondary N) is 1. The van der Waals surface area contributed by atoms with Gasteiger partial charge in [0.05, 0.1) is 19.8 Å². The third-order valence-electron chi connectivity index (χ3n) is 2.10. The highest BCUT2D eigenvalue weighted by Gasteiger charge is 2.22. The summed E-state index contributed by atoms with van der Waals surface area (Å²) in [5, 5.41) is 3.02. The van der Waals surface area contributed by atoms with Gasteiger partial charge in [0, 0.05) is 11.9 Å². The molecule has 1 aliphatic heterocycles. The molecule has 2 rings (SSSR count). The summed E-state index contributed by atoms with van der Waals surface area (Å²) in [5.74, 6) is -0.234. The van der Waals surface area contributed by atoms with Crippen molar-refractivity contribution in [1.29, 1.82) is 0 Å². The quantitative estimate of drug-likeness (QED) is 0.789. The van der Waals surface area contributed by atoms with E-state index < -0.39 is 6.10 Å². The lowest BCUT2D eigenvalue weighted by Crippen LogP contribution is -2.39. The summed E-state index contributed by atoms with van der Waals surface area (Å²) in [6, 6.07) is 3.23. The van der Waals surface area contributed by atoms with Crippen molar-refractivity contribution in [3.63, 3.8) is 0 Å². The largest absolute Gasteiger partial charge is 0.376 e. The molecule has 1 fully saturated rings. The highest BCUT2D eigenvalue weighted by molar-refractivity contribution is 6.29. The van der Waals surface area contributed by atoms with E-state index in [1.54, 1.807) is 12.1 Å². The molecule has 0 saturated carbocycles. The minimum atomic E-state index is -0.555. The van der Waals surface area contributed by atoms with E-state index in [0.717, 1.165) is 0 Å². The van der Waals surface area contributed by atoms with Crippen molar-refractivity contribution in [2.45, 2.75) is 6.10 Å². The van der Waals surface area contributed by atoms with E-state index in [1.165, 1.54) is 6.20 Å². The zero-order valence-corrected chi connectivity index (χ0v) is 9.24. The second kappa shape index (κ2) is 5.25. The van der Waals surface area contributed by atoms with Crippen molar-refractivity contribution >= 4 is 23.2 Å². The van der Waals surface area contributed by atoms with Gasteiger partial charge < -0.3 is 14.8 Å². The van der Waals surface area contributed by atoms with Crippen LogP contribution in [0.2, 0.25) is 5.15 Å². The Labute approximate surface area is 97.7 Å². The fourth-order valence-electron chi connectivity index (χ4n) is 1.34. The summed E-state index contributed by atoms with van der Waals surface area (Å²) in [6.07, 6.45) is 0.969. The highest BCUT2D eigenvalue weighted by atomic mass is 35.5. The maximum atomic E-state index is 11.7. The van der Waals surface area contributed by atoms with Crippen LogP contribution in [0.25, 0.3) is 0 Å². The monoisotopic (exact) mass is 242 g/mol. The molecular formula is C10H11ClN2O3. The van der Waals surface area contributed by atoms with Crippen molar-refractivity contribution in [2.75, 3.05) is 25.1 Å². The number of carbonyl (C=O) groups is 1. The smallest absolute Gasteiger partial charge is 0.255 e. The predicted molar refractivity (Wildman–Crippen MR) is 58.4 cm³/mol. The van der Waals surface area contributed by atoms with Crippen LogP contribution in [0.1, 0.15) is 0 Å². The van der Waals surface area contributed by atoms with Gasteiger partial charge in [0.15, 0.2) is 6.10 Å². The maximum absolute atomic E-state index is 11.7. The number of rotatable bonds is 2. The zero-order valence-electron chi connectivity index (χ0n) is 8.48. The molecule has 2 heterocycles. The van der Waals surface area contributed by atoms with Gasteiger partial charge in [0.1, 0.15) is 5.15 Å². The first-order valence-electron chi connectivity index (χ1n) is 4.87. The first-order chi connectivity index (χ1) is 7.75. The number of hydrogen-bond acceptors (Lipinski definition) is 4. The van der Waals surface area contributed by atoms with E-state index in [-0.39, 0.29) is 12.5 Å². The molecule has 0 bridgehead atoms. The normalized spacial score (nSPS) is 20.4. The van der Waals surface area contributed by atoms with Gasteiger partial charge in [-0.25, -0.2) is 4.98 Å². The second-order valence-electron chi connectivity index (χ2n) is 3.29. The van der Waals surface area contributed by atoms with E-state index in [4.69, 9.17) is 21.1 Å². The average molecular weight is 243 g/mol. The SMILES string of the molecule is O=C(Nc1ccnc(Cl)c1)C1COCCO1. The molecule has 1 saturated heterocycles. The highest BCUT2D eigenvalue weighted by Crippen LogP contribution is 2.13. The Morgan fingerprint density at radius 2 is 2.44 bits per heavy atom. The van der Waals surface area contributed by atoms with Gasteiger partial charge in [0.2, 0.25) is 0 Å². The Morgan fingerprint density at radius 3 is 3.12 bits per heavy atom. The zero-order chi connectivity index (χ0) is 11.4. The standard InChI is InChI=1S/C10H11ClN2O3/c11-9-5-7(1-2-12-9)13-10(14)8-6-15-3-4-16-8/h1-2,5,8H,3-4,6H2,(H,12,13,14). The van der Waals surface area contributed by atoms with Crippen LogP contribution in [0, 0.1) is 0 Å². The van der Waals surface area contributed by atoms with E-state index in [1.807, 2.05) is 0 Å². The van der Waals surface area contributed by atoms with Gasteiger partial charge in [-0.3, -0.25) is 4.79 Å². The summed E-state index contributed by atoms with van der Waals surface area (Å²) >= 11 is 5.70. The van der Waals surface area contributed by atoms with E-state index >= 15 is 0 Å². The molecule has 16 heavy (non-hydrogen) atoms. The number of pyridine rings is 1. The van der Waals surface area contributed by atoms with Crippen LogP contribution in [-0.2, 0) is 14.3 Å². The third-order valence-corrected chi connectivity index (χ3v) is 2.31. The number of aromatic nitrogens is 1. The number of halogens is 1. The van der Waals surface area contributed by atoms with E-state index in [2.05, 4.69) is 10.3 Å². The Hall–Kier alpha value is -1.17. The minimum absolute atomic E-state index is 0.234. The Kier molecular flexibility index (Phi) is 3.71. The lowest BCUT2D eigenvalue weighted by atomic mass is 10.3. The molecule has 1 aliphatic rings. The van der Waals surface area contributed by atoms with Crippen LogP contribution in [0.4, 0.5) is 5.69 Å². The Bertz CT molecular complexity index is 380. The molecule has 0 radical (unpaired) electrons. The fraction of sp³-hybridized carbons (Fsp3) is 0.400. The van der Waals surface area contributed by atoms with Crippen LogP contribution in [0.5, 0.6) is 0 Å². The summed E-state index contributed by atoms with van der Waals surface area (Å²) in [4.78, 5) is 15.5. The first kappa shape index (κ1) is 11.3. The predicted octanol–water partition coefficient (Wildman–Crippen LogP) is 1.09. The lowest BCUT2D eigenvalue weighted by Gasteiger charge is -2.21. The Morgan fingerprint density at radius 1 is 1.56 bits per heavy atom. The minimum Gasteiger partial charge on any atom is -0.376 e. The molecule has 0 spiro atoms. The average Bonchev–Trinajstić information content (AvgIpc) is 2.30. The van der Waals surface area contributed by atoms with Gasteiger partial charge in [-0.1, -0.05) is 11.6 Å². The summed E-state index contributed by atoms with van der Waals surface area (Å²) in [7, 11) is 0. The number of nitrogens with zero attached hydrogens (tertiary/aromatic N) is 1. The second-order valence-corrected chi connectivity index (χ2v) is 3.68. The molecule has 1 unspecified atom stereocenters. The molecule has 1 aromatic rings. The maximum Gasteiger partial charge on any atom is 0.255 e. The molecular weight excluding hydrogens is 232 g/mol. The molecule has 1 N–H and O–H groups in total. The number of amides is 1. The van der Waals surface area contributed by atoms with Gasteiger partial charge >= 0.3 is 0 Å². The van der Waals surface area contributed by atoms with Crippen molar-refractivity contribution in [3.8, 4) is 0 Å². The Balaban J connectivity index is 1.96. The first-order valence-corrected chi connectivity index (χ1v) is 5.25. The number of anilines is 1. The number of ether oxygens (including phenoxy) is 2. The molecule has 0 aliphatic carbocycles. The van der Waals surface area contributed by atoms with Crippen LogP contribution >= 0.6 is 11.6 Å². The van der Waals surface area contributed by atoms with Crippen LogP contribution < -0.4 is 5.32 Å². The van der Waals surface area contributed by atoms with Crippen molar-refractivity contribution in [3.05, 3.63) is 23.5 Å². The van der Waals surface area contributed by atoms with Crippen LogP contribution in [0.15, 0.2) is 18.3 Å². The summed E-state index contributed by atoms with van der Waals surface area (Å²) in [6.45, 7) is 1.25. The van der Waals surface area contributed by atoms with Crippen molar-refractivity contribution < 1.29 is 14.3 Å². The van der Waals surface area contributed by atoms with Crippen LogP contribution in [0.3, 0.4) is 0 Å². The van der Waals surface area contributed by atoms with Crippen LogP contribution in [-0.4, -0.2) is 36.8 Å². The molecule has 86 valence electrons. The van der Waals surface area contributed by atoms with Crippen molar-refractivity contribution in [2.24, 2.45) is 0 Å². The molecule has 1 amide bonds. The molecule has 5 nitrogen and oxygen atoms in total. The summed E-state index contributed by atoms with van der Waals surface area (Å²) in [5.41, 5.74) is 0.596. The van der Waals surface area contributed by atoms with Crippen molar-refractivity contribution in [1.82, 2.24) is 4.98 Å². The molecule has 0 aromatic carbocycles.